The van der Waals surface area contributed by atoms with Crippen molar-refractivity contribution in [3.63, 3.8) is 0 Å². The predicted molar refractivity (Wildman–Crippen MR) is 156 cm³/mol. The quantitative estimate of drug-likeness (QED) is 0.335. The van der Waals surface area contributed by atoms with Gasteiger partial charge in [0.2, 0.25) is 0 Å². The van der Waals surface area contributed by atoms with Crippen molar-refractivity contribution in [2.75, 3.05) is 0 Å². The highest BCUT2D eigenvalue weighted by molar-refractivity contribution is 5.88. The zero-order chi connectivity index (χ0) is 25.6. The summed E-state index contributed by atoms with van der Waals surface area (Å²) in [6, 6.07) is 21.6. The van der Waals surface area contributed by atoms with Crippen LogP contribution in [0.1, 0.15) is 109 Å². The molecule has 3 aromatic carbocycles. The molecule has 0 saturated heterocycles. The predicted octanol–water partition coefficient (Wildman–Crippen LogP) is 10.9. The molecule has 2 aliphatic carbocycles. The molecule has 0 amide bonds. The van der Waals surface area contributed by atoms with Gasteiger partial charge in [-0.2, -0.15) is 0 Å². The molecule has 0 unspecified atom stereocenters. The smallest absolute Gasteiger partial charge is 0.128 e. The molecule has 0 heterocycles. The first-order chi connectivity index (χ1) is 17.1. The van der Waals surface area contributed by atoms with Crippen molar-refractivity contribution in [2.24, 2.45) is 11.8 Å². The topological polar surface area (TPSA) is 9.23 Å². The summed E-state index contributed by atoms with van der Waals surface area (Å²) in [7, 11) is 0. The van der Waals surface area contributed by atoms with Gasteiger partial charge in [0.05, 0.1) is 0 Å². The Labute approximate surface area is 216 Å². The van der Waals surface area contributed by atoms with Crippen LogP contribution in [0.2, 0.25) is 0 Å². The molecule has 5 rings (SSSR count). The van der Waals surface area contributed by atoms with E-state index in [0.717, 1.165) is 18.1 Å². The van der Waals surface area contributed by atoms with Gasteiger partial charge < -0.3 is 4.74 Å². The molecule has 1 saturated carbocycles. The lowest BCUT2D eigenvalue weighted by Crippen LogP contribution is -2.23. The largest absolute Gasteiger partial charge is 0.485 e. The van der Waals surface area contributed by atoms with Crippen LogP contribution < -0.4 is 4.74 Å². The van der Waals surface area contributed by atoms with E-state index in [-0.39, 0.29) is 6.10 Å². The highest BCUT2D eigenvalue weighted by Crippen LogP contribution is 2.39. The highest BCUT2D eigenvalue weighted by atomic mass is 16.5. The first-order valence-corrected chi connectivity index (χ1v) is 14.4. The van der Waals surface area contributed by atoms with Gasteiger partial charge in [-0.15, -0.1) is 0 Å². The van der Waals surface area contributed by atoms with Gasteiger partial charge in [-0.1, -0.05) is 140 Å². The molecular formula is C34H50O. The van der Waals surface area contributed by atoms with Gasteiger partial charge in [-0.25, -0.2) is 0 Å². The van der Waals surface area contributed by atoms with E-state index in [0.29, 0.717) is 5.92 Å². The van der Waals surface area contributed by atoms with Crippen LogP contribution >= 0.6 is 0 Å². The van der Waals surface area contributed by atoms with E-state index >= 15 is 0 Å². The molecule has 0 spiro atoms. The molecule has 0 radical (unpaired) electrons. The molecule has 0 aliphatic heterocycles. The van der Waals surface area contributed by atoms with Crippen molar-refractivity contribution in [1.82, 2.24) is 0 Å². The lowest BCUT2D eigenvalue weighted by molar-refractivity contribution is 0.131. The first-order valence-electron chi connectivity index (χ1n) is 14.4. The second kappa shape index (κ2) is 15.7. The Hall–Kier alpha value is -2.28. The summed E-state index contributed by atoms with van der Waals surface area (Å²) in [6.07, 6.45) is 11.4. The van der Waals surface area contributed by atoms with Crippen LogP contribution in [0.25, 0.3) is 10.8 Å². The molecular weight excluding hydrogens is 424 g/mol. The van der Waals surface area contributed by atoms with E-state index in [1.807, 2.05) is 27.7 Å². The lowest BCUT2D eigenvalue weighted by Gasteiger charge is -2.32. The Balaban J connectivity index is 0.000000303. The zero-order valence-corrected chi connectivity index (χ0v) is 23.6. The van der Waals surface area contributed by atoms with E-state index in [1.54, 1.807) is 0 Å². The number of hydrogen-bond acceptors (Lipinski definition) is 1. The van der Waals surface area contributed by atoms with Gasteiger partial charge in [0.25, 0.3) is 0 Å². The molecule has 3 aromatic rings. The fraction of sp³-hybridized carbons (Fsp3) is 0.529. The molecule has 35 heavy (non-hydrogen) atoms. The van der Waals surface area contributed by atoms with Crippen LogP contribution in [0.15, 0.2) is 60.7 Å². The summed E-state index contributed by atoms with van der Waals surface area (Å²) in [4.78, 5) is 0. The molecule has 1 nitrogen and oxygen atoms in total. The number of aryl methyl sites for hydroxylation is 2. The van der Waals surface area contributed by atoms with Crippen LogP contribution in [0, 0.1) is 18.8 Å². The molecule has 1 fully saturated rings. The van der Waals surface area contributed by atoms with Crippen LogP contribution in [0.3, 0.4) is 0 Å². The summed E-state index contributed by atoms with van der Waals surface area (Å²) in [5.41, 5.74) is 4.08. The zero-order valence-electron chi connectivity index (χ0n) is 23.6. The third-order valence-corrected chi connectivity index (χ3v) is 7.14. The molecule has 0 aromatic heterocycles. The van der Waals surface area contributed by atoms with E-state index < -0.39 is 0 Å². The van der Waals surface area contributed by atoms with Gasteiger partial charge in [-0.3, -0.25) is 0 Å². The highest BCUT2D eigenvalue weighted by Gasteiger charge is 2.28. The fourth-order valence-electron chi connectivity index (χ4n) is 5.16. The van der Waals surface area contributed by atoms with Crippen LogP contribution in [-0.4, -0.2) is 0 Å². The molecule has 2 atom stereocenters. The Morgan fingerprint density at radius 3 is 2.11 bits per heavy atom. The summed E-state index contributed by atoms with van der Waals surface area (Å²) in [5, 5.41) is 2.45. The SMILES string of the molecule is CC.CC.CC1CCCCCC1.Cc1ccc2c(O[C@H]3c4ccccc4CC[C@@H]3C)cccc2c1. The summed E-state index contributed by atoms with van der Waals surface area (Å²) >= 11 is 0. The number of hydrogen-bond donors (Lipinski definition) is 0. The van der Waals surface area contributed by atoms with E-state index in [2.05, 4.69) is 81.4 Å². The van der Waals surface area contributed by atoms with Gasteiger partial charge in [-0.05, 0) is 54.2 Å². The minimum absolute atomic E-state index is 0.145. The van der Waals surface area contributed by atoms with E-state index in [9.17, 15) is 0 Å². The van der Waals surface area contributed by atoms with Crippen molar-refractivity contribution < 1.29 is 4.74 Å². The second-order valence-electron chi connectivity index (χ2n) is 9.83. The van der Waals surface area contributed by atoms with Crippen molar-refractivity contribution >= 4 is 10.8 Å². The number of benzene rings is 3. The van der Waals surface area contributed by atoms with Crippen molar-refractivity contribution in [3.8, 4) is 5.75 Å². The van der Waals surface area contributed by atoms with Gasteiger partial charge in [0, 0.05) is 5.39 Å². The Morgan fingerprint density at radius 1 is 0.714 bits per heavy atom. The van der Waals surface area contributed by atoms with Crippen LogP contribution in [0.5, 0.6) is 5.75 Å². The summed E-state index contributed by atoms with van der Waals surface area (Å²) in [5.74, 6) is 2.55. The lowest BCUT2D eigenvalue weighted by atomic mass is 9.82. The van der Waals surface area contributed by atoms with E-state index in [1.165, 1.54) is 72.4 Å². The van der Waals surface area contributed by atoms with E-state index in [4.69, 9.17) is 4.74 Å². The molecule has 192 valence electrons. The van der Waals surface area contributed by atoms with Crippen molar-refractivity contribution in [1.29, 1.82) is 0 Å². The fourth-order valence-corrected chi connectivity index (χ4v) is 5.16. The third-order valence-electron chi connectivity index (χ3n) is 7.14. The summed E-state index contributed by atoms with van der Waals surface area (Å²) in [6.45, 7) is 14.8. The number of ether oxygens (including phenoxy) is 1. The second-order valence-corrected chi connectivity index (χ2v) is 9.83. The standard InChI is InChI=1S/C22H22O.C8H16.2C2H6/c1-15-10-13-19-18(14-15)7-5-9-21(19)23-22-16(2)11-12-17-6-3-4-8-20(17)22;1-8-6-4-2-3-5-7-8;2*1-2/h3-10,13-14,16,22H,11-12H2,1-2H3;8H,2-7H2,1H3;2*1-2H3/t16-,22+;;;/m0.../s1. The molecule has 1 heteroatoms. The van der Waals surface area contributed by atoms with Crippen LogP contribution in [-0.2, 0) is 6.42 Å². The molecule has 0 N–H and O–H groups in total. The minimum atomic E-state index is 0.145. The molecule has 0 bridgehead atoms. The monoisotopic (exact) mass is 474 g/mol. The normalized spacial score (nSPS) is 19.4. The maximum absolute atomic E-state index is 6.55. The van der Waals surface area contributed by atoms with Gasteiger partial charge >= 0.3 is 0 Å². The Bertz CT molecular complexity index is 981. The maximum atomic E-state index is 6.55. The van der Waals surface area contributed by atoms with Crippen molar-refractivity contribution in [2.45, 2.75) is 106 Å². The van der Waals surface area contributed by atoms with Gasteiger partial charge in [0.1, 0.15) is 11.9 Å². The molecule has 2 aliphatic rings. The van der Waals surface area contributed by atoms with Crippen molar-refractivity contribution in [3.05, 3.63) is 77.4 Å². The first kappa shape index (κ1) is 29.0. The average Bonchev–Trinajstić information content (AvgIpc) is 3.16. The third kappa shape index (κ3) is 8.41. The van der Waals surface area contributed by atoms with Crippen LogP contribution in [0.4, 0.5) is 0 Å². The number of rotatable bonds is 2. The maximum Gasteiger partial charge on any atom is 0.128 e. The Kier molecular flexibility index (Phi) is 13.0. The average molecular weight is 475 g/mol. The number of fused-ring (bicyclic) bond motifs is 2. The summed E-state index contributed by atoms with van der Waals surface area (Å²) < 4.78 is 6.55. The minimum Gasteiger partial charge on any atom is -0.485 e. The van der Waals surface area contributed by atoms with Gasteiger partial charge in [0.15, 0.2) is 0 Å². The Morgan fingerprint density at radius 2 is 1.40 bits per heavy atom.